The Kier molecular flexibility index (Phi) is 73.3. The van der Waals surface area contributed by atoms with Gasteiger partial charge in [0.05, 0.1) is 25.4 Å². The SMILES string of the molecule is CCCCCCCCCCCCCCCCCC/C=C/C(O)C(CO)NC(=O)CCCCCCCCCCCCCCCCCCC/C=C\CCCCCCCCCCCCCCCCOC(=O)CCCCCCCCCCCCCCCCC. The molecule has 0 aliphatic rings. The van der Waals surface area contributed by atoms with E-state index in [0.29, 0.717) is 19.4 Å². The quantitative estimate of drug-likeness (QED) is 0.0320. The van der Waals surface area contributed by atoms with Crippen LogP contribution in [0.4, 0.5) is 0 Å². The van der Waals surface area contributed by atoms with E-state index in [2.05, 4.69) is 31.3 Å². The lowest BCUT2D eigenvalue weighted by Crippen LogP contribution is -2.45. The van der Waals surface area contributed by atoms with E-state index in [9.17, 15) is 19.8 Å². The summed E-state index contributed by atoms with van der Waals surface area (Å²) in [5, 5.41) is 23.2. The summed E-state index contributed by atoms with van der Waals surface area (Å²) in [5.41, 5.74) is 0. The number of hydrogen-bond acceptors (Lipinski definition) is 5. The molecule has 3 N–H and O–H groups in total. The van der Waals surface area contributed by atoms with Gasteiger partial charge in [0, 0.05) is 12.8 Å². The summed E-state index contributed by atoms with van der Waals surface area (Å²) in [5.74, 6) is -0.0366. The molecule has 0 aliphatic heterocycles. The average molecular weight is 1200 g/mol. The van der Waals surface area contributed by atoms with Gasteiger partial charge in [0.1, 0.15) is 0 Å². The Morgan fingerprint density at radius 1 is 0.318 bits per heavy atom. The smallest absolute Gasteiger partial charge is 0.305 e. The fraction of sp³-hybridized carbons (Fsp3) is 0.924. The molecule has 0 rings (SSSR count). The van der Waals surface area contributed by atoms with Gasteiger partial charge in [-0.1, -0.05) is 398 Å². The van der Waals surface area contributed by atoms with Gasteiger partial charge in [0.25, 0.3) is 0 Å². The Bertz CT molecular complexity index is 1330. The van der Waals surface area contributed by atoms with E-state index in [1.807, 2.05) is 6.08 Å². The van der Waals surface area contributed by atoms with E-state index < -0.39 is 12.1 Å². The number of nitrogens with one attached hydrogen (secondary N) is 1. The number of aliphatic hydroxyl groups is 2. The molecule has 85 heavy (non-hydrogen) atoms. The van der Waals surface area contributed by atoms with Crippen molar-refractivity contribution in [2.24, 2.45) is 0 Å². The molecular formula is C79H153NO5. The van der Waals surface area contributed by atoms with Crippen molar-refractivity contribution in [1.82, 2.24) is 5.32 Å². The zero-order chi connectivity index (χ0) is 61.3. The Hall–Kier alpha value is -1.66. The van der Waals surface area contributed by atoms with Crippen LogP contribution in [-0.4, -0.2) is 47.4 Å². The molecule has 0 bridgehead atoms. The second kappa shape index (κ2) is 74.8. The van der Waals surface area contributed by atoms with Gasteiger partial charge in [-0.3, -0.25) is 9.59 Å². The molecule has 0 aromatic heterocycles. The highest BCUT2D eigenvalue weighted by Gasteiger charge is 2.18. The van der Waals surface area contributed by atoms with Crippen LogP contribution >= 0.6 is 0 Å². The summed E-state index contributed by atoms with van der Waals surface area (Å²) in [6.07, 6.45) is 95.9. The van der Waals surface area contributed by atoms with Gasteiger partial charge in [-0.2, -0.15) is 0 Å². The van der Waals surface area contributed by atoms with Crippen LogP contribution in [0.3, 0.4) is 0 Å². The van der Waals surface area contributed by atoms with Crippen molar-refractivity contribution >= 4 is 11.9 Å². The number of aliphatic hydroxyl groups excluding tert-OH is 2. The monoisotopic (exact) mass is 1200 g/mol. The van der Waals surface area contributed by atoms with Crippen LogP contribution in [0.1, 0.15) is 444 Å². The Morgan fingerprint density at radius 3 is 0.835 bits per heavy atom. The molecule has 2 atom stereocenters. The maximum absolute atomic E-state index is 12.5. The molecule has 6 nitrogen and oxygen atoms in total. The molecule has 0 heterocycles. The lowest BCUT2D eigenvalue weighted by Gasteiger charge is -2.20. The lowest BCUT2D eigenvalue weighted by atomic mass is 10.0. The minimum atomic E-state index is -0.842. The molecule has 0 fully saturated rings. The molecule has 2 unspecified atom stereocenters. The zero-order valence-electron chi connectivity index (χ0n) is 57.9. The summed E-state index contributed by atoms with van der Waals surface area (Å²) in [4.78, 5) is 24.6. The van der Waals surface area contributed by atoms with E-state index in [0.717, 1.165) is 38.5 Å². The number of amides is 1. The minimum Gasteiger partial charge on any atom is -0.466 e. The molecule has 504 valence electrons. The molecule has 0 aromatic rings. The van der Waals surface area contributed by atoms with Crippen molar-refractivity contribution < 1.29 is 24.5 Å². The van der Waals surface area contributed by atoms with Gasteiger partial charge in [-0.25, -0.2) is 0 Å². The summed E-state index contributed by atoms with van der Waals surface area (Å²) in [6.45, 7) is 4.96. The molecule has 1 amide bonds. The Labute approximate surface area is 532 Å². The first-order valence-electron chi connectivity index (χ1n) is 39.1. The molecule has 0 saturated heterocycles. The Morgan fingerprint density at radius 2 is 0.553 bits per heavy atom. The Balaban J connectivity index is 3.35. The summed E-state index contributed by atoms with van der Waals surface area (Å²) < 4.78 is 5.51. The van der Waals surface area contributed by atoms with Crippen molar-refractivity contribution in [3.8, 4) is 0 Å². The van der Waals surface area contributed by atoms with Crippen LogP contribution < -0.4 is 5.32 Å². The standard InChI is InChI=1S/C79H153NO5/c1-3-5-7-9-11-13-15-17-19-20-40-44-47-51-55-59-63-67-71-77(82)76(75-81)80-78(83)72-68-64-60-56-52-48-45-41-38-36-34-32-30-28-26-24-22-21-23-25-27-29-31-33-35-37-39-42-46-50-54-58-62-66-70-74-85-79(84)73-69-65-61-57-53-49-43-18-16-14-12-10-8-6-4-2/h23,25,67,71,76-77,81-82H,3-22,24,26-66,68-70,72-75H2,1-2H3,(H,80,83)/b25-23-,71-67+. The largest absolute Gasteiger partial charge is 0.466 e. The van der Waals surface area contributed by atoms with Gasteiger partial charge in [-0.05, 0) is 57.8 Å². The van der Waals surface area contributed by atoms with E-state index in [4.69, 9.17) is 4.74 Å². The number of hydrogen-bond donors (Lipinski definition) is 3. The first kappa shape index (κ1) is 83.3. The van der Waals surface area contributed by atoms with Crippen LogP contribution in [-0.2, 0) is 14.3 Å². The summed E-state index contributed by atoms with van der Waals surface area (Å²) >= 11 is 0. The fourth-order valence-electron chi connectivity index (χ4n) is 12.5. The zero-order valence-corrected chi connectivity index (χ0v) is 57.9. The van der Waals surface area contributed by atoms with Gasteiger partial charge in [-0.15, -0.1) is 0 Å². The van der Waals surface area contributed by atoms with Crippen molar-refractivity contribution in [3.63, 3.8) is 0 Å². The summed E-state index contributed by atoms with van der Waals surface area (Å²) in [7, 11) is 0. The average Bonchev–Trinajstić information content (AvgIpc) is 3.54. The van der Waals surface area contributed by atoms with Gasteiger partial charge in [0.2, 0.25) is 5.91 Å². The molecule has 6 heteroatoms. The number of carbonyl (C=O) groups excluding carboxylic acids is 2. The number of esters is 1. The highest BCUT2D eigenvalue weighted by atomic mass is 16.5. The van der Waals surface area contributed by atoms with E-state index in [-0.39, 0.29) is 18.5 Å². The molecule has 0 aliphatic carbocycles. The van der Waals surface area contributed by atoms with Gasteiger partial charge in [0.15, 0.2) is 0 Å². The van der Waals surface area contributed by atoms with Crippen molar-refractivity contribution in [2.75, 3.05) is 13.2 Å². The number of carbonyl (C=O) groups is 2. The highest BCUT2D eigenvalue weighted by molar-refractivity contribution is 5.76. The predicted molar refractivity (Wildman–Crippen MR) is 375 cm³/mol. The van der Waals surface area contributed by atoms with E-state index in [1.165, 1.54) is 379 Å². The number of allylic oxidation sites excluding steroid dienone is 3. The first-order chi connectivity index (χ1) is 42.0. The molecule has 0 radical (unpaired) electrons. The topological polar surface area (TPSA) is 95.9 Å². The maximum Gasteiger partial charge on any atom is 0.305 e. The fourth-order valence-corrected chi connectivity index (χ4v) is 12.5. The van der Waals surface area contributed by atoms with Crippen LogP contribution in [0.15, 0.2) is 24.3 Å². The van der Waals surface area contributed by atoms with Crippen LogP contribution in [0.2, 0.25) is 0 Å². The number of ether oxygens (including phenoxy) is 1. The van der Waals surface area contributed by atoms with Crippen LogP contribution in [0.25, 0.3) is 0 Å². The first-order valence-corrected chi connectivity index (χ1v) is 39.1. The van der Waals surface area contributed by atoms with Crippen molar-refractivity contribution in [3.05, 3.63) is 24.3 Å². The third-order valence-electron chi connectivity index (χ3n) is 18.5. The van der Waals surface area contributed by atoms with Gasteiger partial charge >= 0.3 is 5.97 Å². The maximum atomic E-state index is 12.5. The van der Waals surface area contributed by atoms with Crippen LogP contribution in [0, 0.1) is 0 Å². The number of unbranched alkanes of at least 4 members (excludes halogenated alkanes) is 61. The van der Waals surface area contributed by atoms with E-state index in [1.54, 1.807) is 6.08 Å². The predicted octanol–water partition coefficient (Wildman–Crippen LogP) is 25.7. The molecule has 0 aromatic carbocycles. The second-order valence-electron chi connectivity index (χ2n) is 27.0. The third-order valence-corrected chi connectivity index (χ3v) is 18.5. The highest BCUT2D eigenvalue weighted by Crippen LogP contribution is 2.20. The molecular weight excluding hydrogens is 1040 g/mol. The molecule has 0 spiro atoms. The lowest BCUT2D eigenvalue weighted by molar-refractivity contribution is -0.143. The van der Waals surface area contributed by atoms with Gasteiger partial charge < -0.3 is 20.3 Å². The van der Waals surface area contributed by atoms with E-state index >= 15 is 0 Å². The minimum absolute atomic E-state index is 0.0238. The normalized spacial score (nSPS) is 12.6. The van der Waals surface area contributed by atoms with Crippen LogP contribution in [0.5, 0.6) is 0 Å². The van der Waals surface area contributed by atoms with Crippen molar-refractivity contribution in [1.29, 1.82) is 0 Å². The molecule has 0 saturated carbocycles. The second-order valence-corrected chi connectivity index (χ2v) is 27.0. The van der Waals surface area contributed by atoms with Crippen molar-refractivity contribution in [2.45, 2.75) is 456 Å². The number of rotatable bonds is 74. The third kappa shape index (κ3) is 71.3. The summed E-state index contributed by atoms with van der Waals surface area (Å²) in [6, 6.07) is -0.625.